The second kappa shape index (κ2) is 4.77. The third kappa shape index (κ3) is 2.17. The Morgan fingerprint density at radius 2 is 1.50 bits per heavy atom. The average molecular weight is 174 g/mol. The molecule has 0 aliphatic carbocycles. The third-order valence-electron chi connectivity index (χ3n) is 2.30. The van der Waals surface area contributed by atoms with E-state index in [0.29, 0.717) is 0 Å². The quantitative estimate of drug-likeness (QED) is 0.598. The molecule has 0 aromatic heterocycles. The first-order valence-corrected chi connectivity index (χ1v) is 4.91. The summed E-state index contributed by atoms with van der Waals surface area (Å²) >= 11 is 0. The van der Waals surface area contributed by atoms with Gasteiger partial charge in [-0.25, -0.2) is 4.39 Å². The summed E-state index contributed by atoms with van der Waals surface area (Å²) in [7, 11) is 0. The highest BCUT2D eigenvalue weighted by Gasteiger charge is 2.29. The van der Waals surface area contributed by atoms with Crippen LogP contribution in [0.4, 0.5) is 4.39 Å². The van der Waals surface area contributed by atoms with Crippen molar-refractivity contribution in [2.24, 2.45) is 0 Å². The minimum absolute atomic E-state index is 0.815. The topological polar surface area (TPSA) is 6.48 Å². The molecule has 0 aromatic rings. The summed E-state index contributed by atoms with van der Waals surface area (Å²) < 4.78 is 13.5. The Bertz CT molecular complexity index is 116. The van der Waals surface area contributed by atoms with Crippen LogP contribution in [0.1, 0.15) is 26.7 Å². The van der Waals surface area contributed by atoms with Crippen LogP contribution >= 0.6 is 0 Å². The molecule has 0 amide bonds. The van der Waals surface area contributed by atoms with Crippen LogP contribution in [0.15, 0.2) is 0 Å². The molecule has 3 heteroatoms. The van der Waals surface area contributed by atoms with E-state index in [1.165, 1.54) is 0 Å². The molecule has 1 aliphatic rings. The highest BCUT2D eigenvalue weighted by atomic mass is 19.1. The number of hydrogen-bond acceptors (Lipinski definition) is 2. The van der Waals surface area contributed by atoms with Crippen LogP contribution in [0.25, 0.3) is 0 Å². The molecule has 1 heterocycles. The van der Waals surface area contributed by atoms with Gasteiger partial charge >= 0.3 is 0 Å². The van der Waals surface area contributed by atoms with Gasteiger partial charge in [0, 0.05) is 26.2 Å². The number of halogens is 1. The summed E-state index contributed by atoms with van der Waals surface area (Å²) in [5, 5.41) is 0. The predicted molar refractivity (Wildman–Crippen MR) is 48.6 cm³/mol. The van der Waals surface area contributed by atoms with Gasteiger partial charge in [0.15, 0.2) is 0 Å². The number of hydrogen-bond donors (Lipinski definition) is 0. The van der Waals surface area contributed by atoms with Gasteiger partial charge in [-0.2, -0.15) is 0 Å². The zero-order valence-electron chi connectivity index (χ0n) is 8.09. The van der Waals surface area contributed by atoms with Gasteiger partial charge in [0.25, 0.3) is 0 Å². The van der Waals surface area contributed by atoms with Crippen molar-refractivity contribution in [1.29, 1.82) is 0 Å². The SMILES string of the molecule is CCCN1CCN(CCC)C1F. The van der Waals surface area contributed by atoms with Crippen molar-refractivity contribution < 1.29 is 4.39 Å². The van der Waals surface area contributed by atoms with Crippen LogP contribution in [0.2, 0.25) is 0 Å². The van der Waals surface area contributed by atoms with E-state index in [0.717, 1.165) is 39.0 Å². The maximum atomic E-state index is 13.5. The van der Waals surface area contributed by atoms with Crippen LogP contribution in [-0.4, -0.2) is 42.4 Å². The molecule has 0 bridgehead atoms. The summed E-state index contributed by atoms with van der Waals surface area (Å²) in [6, 6.07) is 0. The lowest BCUT2D eigenvalue weighted by Gasteiger charge is -2.22. The first-order valence-electron chi connectivity index (χ1n) is 4.91. The van der Waals surface area contributed by atoms with Gasteiger partial charge in [0.1, 0.15) is 0 Å². The van der Waals surface area contributed by atoms with E-state index in [9.17, 15) is 4.39 Å². The van der Waals surface area contributed by atoms with Crippen LogP contribution < -0.4 is 0 Å². The van der Waals surface area contributed by atoms with Gasteiger partial charge in [-0.15, -0.1) is 0 Å². The third-order valence-corrected chi connectivity index (χ3v) is 2.30. The van der Waals surface area contributed by atoms with Crippen LogP contribution in [0.5, 0.6) is 0 Å². The number of nitrogens with zero attached hydrogens (tertiary/aromatic N) is 2. The molecule has 12 heavy (non-hydrogen) atoms. The van der Waals surface area contributed by atoms with Gasteiger partial charge in [0.05, 0.1) is 0 Å². The molecule has 0 unspecified atom stereocenters. The first-order chi connectivity index (χ1) is 5.79. The summed E-state index contributed by atoms with van der Waals surface area (Å²) in [5.41, 5.74) is 0. The van der Waals surface area contributed by atoms with Gasteiger partial charge < -0.3 is 0 Å². The average Bonchev–Trinajstić information content (AvgIpc) is 2.38. The fourth-order valence-electron chi connectivity index (χ4n) is 1.71. The fraction of sp³-hybridized carbons (Fsp3) is 1.00. The van der Waals surface area contributed by atoms with E-state index in [1.54, 1.807) is 0 Å². The molecule has 1 aliphatic heterocycles. The normalized spacial score (nSPS) is 22.2. The zero-order valence-corrected chi connectivity index (χ0v) is 8.09. The van der Waals surface area contributed by atoms with Gasteiger partial charge in [0.2, 0.25) is 6.42 Å². The van der Waals surface area contributed by atoms with E-state index < -0.39 is 6.42 Å². The molecular formula is C9H19FN2. The van der Waals surface area contributed by atoms with Crippen LogP contribution in [-0.2, 0) is 0 Å². The van der Waals surface area contributed by atoms with Crippen molar-refractivity contribution in [3.63, 3.8) is 0 Å². The molecule has 1 rings (SSSR count). The zero-order chi connectivity index (χ0) is 8.97. The van der Waals surface area contributed by atoms with Crippen molar-refractivity contribution in [2.75, 3.05) is 26.2 Å². The molecule has 1 saturated heterocycles. The van der Waals surface area contributed by atoms with Crippen LogP contribution in [0.3, 0.4) is 0 Å². The molecule has 0 saturated carbocycles. The van der Waals surface area contributed by atoms with Crippen molar-refractivity contribution in [2.45, 2.75) is 33.1 Å². The second-order valence-corrected chi connectivity index (χ2v) is 3.38. The molecule has 0 radical (unpaired) electrons. The minimum atomic E-state index is -0.815. The van der Waals surface area contributed by atoms with E-state index >= 15 is 0 Å². The Labute approximate surface area is 74.3 Å². The maximum Gasteiger partial charge on any atom is 0.210 e. The van der Waals surface area contributed by atoms with E-state index in [4.69, 9.17) is 0 Å². The van der Waals surface area contributed by atoms with Gasteiger partial charge in [-0.1, -0.05) is 13.8 Å². The Balaban J connectivity index is 2.32. The Hall–Kier alpha value is -0.150. The lowest BCUT2D eigenvalue weighted by Crippen LogP contribution is -2.35. The summed E-state index contributed by atoms with van der Waals surface area (Å²) in [6.07, 6.45) is 1.27. The standard InChI is InChI=1S/C9H19FN2/c1-3-5-11-7-8-12(6-4-2)9(11)10/h9H,3-8H2,1-2H3. The second-order valence-electron chi connectivity index (χ2n) is 3.38. The van der Waals surface area contributed by atoms with Crippen LogP contribution in [0, 0.1) is 0 Å². The minimum Gasteiger partial charge on any atom is -0.260 e. The summed E-state index contributed by atoms with van der Waals surface area (Å²) in [6.45, 7) is 7.76. The largest absolute Gasteiger partial charge is 0.260 e. The Morgan fingerprint density at radius 3 is 1.83 bits per heavy atom. The Morgan fingerprint density at radius 1 is 1.08 bits per heavy atom. The summed E-state index contributed by atoms with van der Waals surface area (Å²) in [5.74, 6) is 0. The number of alkyl halides is 1. The molecule has 2 nitrogen and oxygen atoms in total. The highest BCUT2D eigenvalue weighted by molar-refractivity contribution is 4.74. The molecular weight excluding hydrogens is 155 g/mol. The van der Waals surface area contributed by atoms with Crippen molar-refractivity contribution in [3.8, 4) is 0 Å². The Kier molecular flexibility index (Phi) is 3.95. The van der Waals surface area contributed by atoms with Crippen molar-refractivity contribution >= 4 is 0 Å². The van der Waals surface area contributed by atoms with E-state index in [2.05, 4.69) is 13.8 Å². The monoisotopic (exact) mass is 174 g/mol. The molecule has 0 N–H and O–H groups in total. The summed E-state index contributed by atoms with van der Waals surface area (Å²) in [4.78, 5) is 3.82. The van der Waals surface area contributed by atoms with E-state index in [1.807, 2.05) is 9.80 Å². The smallest absolute Gasteiger partial charge is 0.210 e. The molecule has 0 aromatic carbocycles. The van der Waals surface area contributed by atoms with E-state index in [-0.39, 0.29) is 0 Å². The molecule has 1 fully saturated rings. The fourth-order valence-corrected chi connectivity index (χ4v) is 1.71. The highest BCUT2D eigenvalue weighted by Crippen LogP contribution is 2.15. The van der Waals surface area contributed by atoms with Gasteiger partial charge in [-0.05, 0) is 12.8 Å². The van der Waals surface area contributed by atoms with Crippen molar-refractivity contribution in [1.82, 2.24) is 9.80 Å². The lowest BCUT2D eigenvalue weighted by molar-refractivity contribution is 0.0175. The van der Waals surface area contributed by atoms with Gasteiger partial charge in [-0.3, -0.25) is 9.80 Å². The molecule has 0 spiro atoms. The molecule has 0 atom stereocenters. The van der Waals surface area contributed by atoms with Crippen molar-refractivity contribution in [3.05, 3.63) is 0 Å². The maximum absolute atomic E-state index is 13.5. The molecule has 72 valence electrons. The predicted octanol–water partition coefficient (Wildman–Crippen LogP) is 1.68. The number of rotatable bonds is 4. The first kappa shape index (κ1) is 9.93. The lowest BCUT2D eigenvalue weighted by atomic mass is 10.4.